The lowest BCUT2D eigenvalue weighted by atomic mass is 9.99. The van der Waals surface area contributed by atoms with Crippen LogP contribution in [-0.2, 0) is 6.61 Å². The number of fused-ring (bicyclic) bond motifs is 1. The van der Waals surface area contributed by atoms with Gasteiger partial charge in [-0.05, 0) is 60.0 Å². The number of hydrazone groups is 1. The fourth-order valence-corrected chi connectivity index (χ4v) is 3.67. The first-order valence-corrected chi connectivity index (χ1v) is 11.0. The Hall–Kier alpha value is -4.19. The molecule has 34 heavy (non-hydrogen) atoms. The van der Waals surface area contributed by atoms with Crippen molar-refractivity contribution in [3.8, 4) is 11.5 Å². The highest BCUT2D eigenvalue weighted by molar-refractivity contribution is 6.08. The lowest BCUT2D eigenvalue weighted by Gasteiger charge is -2.13. The van der Waals surface area contributed by atoms with Gasteiger partial charge in [0.2, 0.25) is 0 Å². The highest BCUT2D eigenvalue weighted by atomic mass is 19.1. The predicted molar refractivity (Wildman–Crippen MR) is 132 cm³/mol. The van der Waals surface area contributed by atoms with Crippen molar-refractivity contribution in [2.24, 2.45) is 5.10 Å². The van der Waals surface area contributed by atoms with Crippen LogP contribution in [0.1, 0.15) is 34.0 Å². The van der Waals surface area contributed by atoms with Gasteiger partial charge < -0.3 is 9.47 Å². The minimum atomic E-state index is -0.318. The molecule has 0 aliphatic carbocycles. The SMILES string of the molecule is CCOc1cc(/C=N\NC(=O)c2c(C)ccc3ccccc23)ccc1OCc1ccccc1F. The Labute approximate surface area is 197 Å². The van der Waals surface area contributed by atoms with Gasteiger partial charge in [0.15, 0.2) is 11.5 Å². The van der Waals surface area contributed by atoms with Crippen molar-refractivity contribution in [1.29, 1.82) is 0 Å². The average Bonchev–Trinajstić information content (AvgIpc) is 2.84. The molecule has 1 N–H and O–H groups in total. The zero-order chi connectivity index (χ0) is 23.9. The Morgan fingerprint density at radius 1 is 0.971 bits per heavy atom. The third kappa shape index (κ3) is 5.23. The van der Waals surface area contributed by atoms with E-state index in [0.717, 1.165) is 21.9 Å². The molecule has 4 aromatic rings. The van der Waals surface area contributed by atoms with Gasteiger partial charge in [0.25, 0.3) is 5.91 Å². The van der Waals surface area contributed by atoms with Crippen LogP contribution in [0.15, 0.2) is 84.0 Å². The number of carbonyl (C=O) groups is 1. The number of nitrogens with zero attached hydrogens (tertiary/aromatic N) is 1. The number of aryl methyl sites for hydroxylation is 1. The van der Waals surface area contributed by atoms with Gasteiger partial charge in [-0.3, -0.25) is 4.79 Å². The zero-order valence-electron chi connectivity index (χ0n) is 19.0. The normalized spacial score (nSPS) is 11.0. The van der Waals surface area contributed by atoms with E-state index in [1.165, 1.54) is 6.07 Å². The molecule has 0 fully saturated rings. The van der Waals surface area contributed by atoms with Gasteiger partial charge in [0.05, 0.1) is 18.4 Å². The summed E-state index contributed by atoms with van der Waals surface area (Å²) in [5.41, 5.74) is 5.27. The van der Waals surface area contributed by atoms with Crippen molar-refractivity contribution in [1.82, 2.24) is 5.43 Å². The molecule has 1 amide bonds. The largest absolute Gasteiger partial charge is 0.490 e. The molecule has 0 radical (unpaired) electrons. The minimum Gasteiger partial charge on any atom is -0.490 e. The number of nitrogens with one attached hydrogen (secondary N) is 1. The van der Waals surface area contributed by atoms with E-state index >= 15 is 0 Å². The number of benzene rings is 4. The highest BCUT2D eigenvalue weighted by Gasteiger charge is 2.13. The molecule has 0 saturated heterocycles. The first-order valence-electron chi connectivity index (χ1n) is 11.0. The van der Waals surface area contributed by atoms with E-state index in [0.29, 0.717) is 29.2 Å². The maximum Gasteiger partial charge on any atom is 0.272 e. The van der Waals surface area contributed by atoms with E-state index in [4.69, 9.17) is 9.47 Å². The summed E-state index contributed by atoms with van der Waals surface area (Å²) in [6.07, 6.45) is 1.54. The van der Waals surface area contributed by atoms with Crippen LogP contribution in [-0.4, -0.2) is 18.7 Å². The Morgan fingerprint density at radius 2 is 1.76 bits per heavy atom. The fraction of sp³-hybridized carbons (Fsp3) is 0.143. The Bertz CT molecular complexity index is 1350. The number of rotatable bonds is 8. The Kier molecular flexibility index (Phi) is 7.18. The van der Waals surface area contributed by atoms with Crippen molar-refractivity contribution in [3.63, 3.8) is 0 Å². The van der Waals surface area contributed by atoms with E-state index in [1.54, 1.807) is 42.6 Å². The molecular formula is C28H25FN2O3. The number of ether oxygens (including phenoxy) is 2. The summed E-state index contributed by atoms with van der Waals surface area (Å²) in [6, 6.07) is 23.4. The number of halogens is 1. The molecule has 5 nitrogen and oxygen atoms in total. The van der Waals surface area contributed by atoms with E-state index in [9.17, 15) is 9.18 Å². The van der Waals surface area contributed by atoms with E-state index < -0.39 is 0 Å². The third-order valence-corrected chi connectivity index (χ3v) is 5.35. The van der Waals surface area contributed by atoms with E-state index in [1.807, 2.05) is 50.2 Å². The molecule has 0 aliphatic heterocycles. The quantitative estimate of drug-likeness (QED) is 0.260. The first kappa shape index (κ1) is 23.0. The van der Waals surface area contributed by atoms with Crippen LogP contribution in [0.4, 0.5) is 4.39 Å². The van der Waals surface area contributed by atoms with Crippen molar-refractivity contribution in [2.75, 3.05) is 6.61 Å². The molecule has 4 aromatic carbocycles. The average molecular weight is 457 g/mol. The maximum atomic E-state index is 13.9. The molecule has 0 atom stereocenters. The summed E-state index contributed by atoms with van der Waals surface area (Å²) >= 11 is 0. The second kappa shape index (κ2) is 10.6. The topological polar surface area (TPSA) is 59.9 Å². The summed E-state index contributed by atoms with van der Waals surface area (Å²) in [6.45, 7) is 4.29. The standard InChI is InChI=1S/C28H25FN2O3/c1-3-33-26-16-20(13-15-25(26)34-18-22-9-5-7-11-24(22)29)17-30-31-28(32)27-19(2)12-14-21-8-4-6-10-23(21)27/h4-17H,3,18H2,1-2H3,(H,31,32)/b30-17-. The Balaban J connectivity index is 1.48. The van der Waals surface area contributed by atoms with Gasteiger partial charge in [-0.1, -0.05) is 54.6 Å². The van der Waals surface area contributed by atoms with Crippen molar-refractivity contribution in [3.05, 3.63) is 107 Å². The summed E-state index contributed by atoms with van der Waals surface area (Å²) in [5.74, 6) is 0.415. The van der Waals surface area contributed by atoms with Crippen molar-refractivity contribution < 1.29 is 18.7 Å². The summed E-state index contributed by atoms with van der Waals surface area (Å²) in [7, 11) is 0. The van der Waals surface area contributed by atoms with Gasteiger partial charge in [-0.25, -0.2) is 9.82 Å². The lowest BCUT2D eigenvalue weighted by molar-refractivity contribution is 0.0956. The lowest BCUT2D eigenvalue weighted by Crippen LogP contribution is -2.19. The summed E-state index contributed by atoms with van der Waals surface area (Å²) in [5, 5.41) is 6.01. The van der Waals surface area contributed by atoms with Crippen LogP contribution < -0.4 is 14.9 Å². The van der Waals surface area contributed by atoms with Crippen molar-refractivity contribution >= 4 is 22.9 Å². The molecule has 0 spiro atoms. The van der Waals surface area contributed by atoms with Gasteiger partial charge in [-0.15, -0.1) is 0 Å². The second-order valence-electron chi connectivity index (χ2n) is 7.70. The number of hydrogen-bond donors (Lipinski definition) is 1. The predicted octanol–water partition coefficient (Wildman–Crippen LogP) is 6.03. The molecule has 4 rings (SSSR count). The van der Waals surface area contributed by atoms with Gasteiger partial charge in [0, 0.05) is 5.56 Å². The van der Waals surface area contributed by atoms with Crippen LogP contribution in [0.25, 0.3) is 10.8 Å². The molecule has 0 heterocycles. The first-order chi connectivity index (χ1) is 16.6. The van der Waals surface area contributed by atoms with Crippen LogP contribution in [0.3, 0.4) is 0 Å². The molecule has 6 heteroatoms. The van der Waals surface area contributed by atoms with Gasteiger partial charge >= 0.3 is 0 Å². The monoisotopic (exact) mass is 456 g/mol. The van der Waals surface area contributed by atoms with Crippen LogP contribution in [0.2, 0.25) is 0 Å². The smallest absolute Gasteiger partial charge is 0.272 e. The molecule has 172 valence electrons. The summed E-state index contributed by atoms with van der Waals surface area (Å²) in [4.78, 5) is 12.8. The van der Waals surface area contributed by atoms with Crippen LogP contribution >= 0.6 is 0 Å². The Morgan fingerprint density at radius 3 is 2.59 bits per heavy atom. The zero-order valence-corrected chi connectivity index (χ0v) is 19.0. The second-order valence-corrected chi connectivity index (χ2v) is 7.70. The third-order valence-electron chi connectivity index (χ3n) is 5.35. The molecule has 0 aliphatic rings. The van der Waals surface area contributed by atoms with Gasteiger partial charge in [-0.2, -0.15) is 5.10 Å². The van der Waals surface area contributed by atoms with Crippen LogP contribution in [0.5, 0.6) is 11.5 Å². The number of carbonyl (C=O) groups excluding carboxylic acids is 1. The molecular weight excluding hydrogens is 431 g/mol. The maximum absolute atomic E-state index is 13.9. The minimum absolute atomic E-state index is 0.0840. The summed E-state index contributed by atoms with van der Waals surface area (Å²) < 4.78 is 25.4. The highest BCUT2D eigenvalue weighted by Crippen LogP contribution is 2.29. The number of amides is 1. The van der Waals surface area contributed by atoms with Crippen molar-refractivity contribution in [2.45, 2.75) is 20.5 Å². The van der Waals surface area contributed by atoms with Gasteiger partial charge in [0.1, 0.15) is 12.4 Å². The van der Waals surface area contributed by atoms with E-state index in [2.05, 4.69) is 10.5 Å². The molecule has 0 bridgehead atoms. The molecule has 0 unspecified atom stereocenters. The van der Waals surface area contributed by atoms with Crippen LogP contribution in [0, 0.1) is 12.7 Å². The molecule has 0 aromatic heterocycles. The fourth-order valence-electron chi connectivity index (χ4n) is 3.67. The number of hydrogen-bond acceptors (Lipinski definition) is 4. The molecule has 0 saturated carbocycles. The van der Waals surface area contributed by atoms with E-state index in [-0.39, 0.29) is 18.3 Å².